The highest BCUT2D eigenvalue weighted by Crippen LogP contribution is 2.13. The van der Waals surface area contributed by atoms with Crippen molar-refractivity contribution in [3.8, 4) is 0 Å². The average molecular weight is 129 g/mol. The maximum absolute atomic E-state index is 3.57. The molecule has 1 aliphatic heterocycles. The Kier molecular flexibility index (Phi) is 2.52. The first-order valence-electron chi connectivity index (χ1n) is 4.09. The Bertz CT molecular complexity index is 85.3. The van der Waals surface area contributed by atoms with Gasteiger partial charge in [-0.2, -0.15) is 0 Å². The monoisotopic (exact) mass is 129 g/mol. The number of hydrogen-bond acceptors (Lipinski definition) is 1. The van der Waals surface area contributed by atoms with E-state index in [1.807, 2.05) is 0 Å². The second kappa shape index (κ2) is 3.21. The topological polar surface area (TPSA) is 12.0 Å². The van der Waals surface area contributed by atoms with E-state index < -0.39 is 0 Å². The molecule has 56 valence electrons. The number of rotatable bonds is 1. The highest BCUT2D eigenvalue weighted by atomic mass is 14.9. The van der Waals surface area contributed by atoms with E-state index in [1.165, 1.54) is 25.7 Å². The fraction of sp³-hybridized carbons (Fsp3) is 1.00. The summed E-state index contributed by atoms with van der Waals surface area (Å²) < 4.78 is 0. The van der Waals surface area contributed by atoms with Crippen molar-refractivity contribution in [2.24, 2.45) is 0 Å². The normalized spacial score (nSPS) is 36.7. The fourth-order valence-electron chi connectivity index (χ4n) is 1.56. The van der Waals surface area contributed by atoms with Gasteiger partial charge in [-0.1, -0.05) is 13.3 Å². The second-order valence-electron chi connectivity index (χ2n) is 3.10. The number of nitrogens with one attached hydrogen (secondary N) is 1. The largest absolute Gasteiger partial charge is 0.312 e. The van der Waals surface area contributed by atoms with E-state index in [9.17, 15) is 0 Å². The van der Waals surface area contributed by atoms with Crippen LogP contribution in [0.1, 0.15) is 41.0 Å². The lowest BCUT2D eigenvalue weighted by atomic mass is 9.98. The Labute approximate surface area is 59.3 Å². The van der Waals surface area contributed by atoms with Crippen molar-refractivity contribution in [1.82, 2.24) is 5.32 Å². The van der Waals surface area contributed by atoms with E-state index in [0.29, 0.717) is 0 Å². The van der Waals surface area contributed by atoms with E-state index in [-0.39, 0.29) is 1.43 Å². The van der Waals surface area contributed by atoms with E-state index >= 15 is 0 Å². The molecule has 0 aliphatic carbocycles. The van der Waals surface area contributed by atoms with Crippen LogP contribution in [0.15, 0.2) is 0 Å². The third kappa shape index (κ3) is 1.98. The quantitative estimate of drug-likeness (QED) is 0.572. The molecular formula is C8H19N. The Morgan fingerprint density at radius 3 is 2.78 bits per heavy atom. The first-order valence-corrected chi connectivity index (χ1v) is 4.09. The Morgan fingerprint density at radius 2 is 2.33 bits per heavy atom. The summed E-state index contributed by atoms with van der Waals surface area (Å²) in [6.07, 6.45) is 5.48. The van der Waals surface area contributed by atoms with E-state index in [2.05, 4.69) is 19.2 Å². The zero-order valence-electron chi connectivity index (χ0n) is 6.48. The van der Waals surface area contributed by atoms with Gasteiger partial charge in [-0.3, -0.25) is 0 Å². The minimum absolute atomic E-state index is 0. The predicted molar refractivity (Wildman–Crippen MR) is 42.6 cm³/mol. The molecule has 0 aromatic carbocycles. The molecule has 0 saturated carbocycles. The average Bonchev–Trinajstić information content (AvgIpc) is 1.88. The SMILES string of the molecule is CCC1CCCC(C)N1.[HH]. The standard InChI is InChI=1S/C8H17N.H2/c1-3-8-6-4-5-7(2)9-8;/h7-9H,3-6H2,1-2H3;1H. The summed E-state index contributed by atoms with van der Waals surface area (Å²) in [5.41, 5.74) is 0. The summed E-state index contributed by atoms with van der Waals surface area (Å²) in [6, 6.07) is 1.58. The van der Waals surface area contributed by atoms with Crippen LogP contribution in [-0.2, 0) is 0 Å². The van der Waals surface area contributed by atoms with Crippen LogP contribution in [0, 0.1) is 0 Å². The summed E-state index contributed by atoms with van der Waals surface area (Å²) in [5, 5.41) is 3.57. The van der Waals surface area contributed by atoms with Crippen LogP contribution < -0.4 is 5.32 Å². The van der Waals surface area contributed by atoms with Crippen LogP contribution in [0.25, 0.3) is 0 Å². The third-order valence-electron chi connectivity index (χ3n) is 2.20. The smallest absolute Gasteiger partial charge is 0.00669 e. The van der Waals surface area contributed by atoms with Crippen LogP contribution in [-0.4, -0.2) is 12.1 Å². The van der Waals surface area contributed by atoms with Crippen LogP contribution in [0.4, 0.5) is 0 Å². The minimum Gasteiger partial charge on any atom is -0.312 e. The molecule has 1 aliphatic rings. The lowest BCUT2D eigenvalue weighted by molar-refractivity contribution is 0.329. The molecule has 9 heavy (non-hydrogen) atoms. The highest BCUT2D eigenvalue weighted by Gasteiger charge is 2.14. The van der Waals surface area contributed by atoms with Crippen LogP contribution >= 0.6 is 0 Å². The molecule has 0 radical (unpaired) electrons. The molecule has 0 aromatic heterocycles. The third-order valence-corrected chi connectivity index (χ3v) is 2.20. The van der Waals surface area contributed by atoms with Crippen molar-refractivity contribution < 1.29 is 1.43 Å². The summed E-state index contributed by atoms with van der Waals surface area (Å²) in [5.74, 6) is 0. The van der Waals surface area contributed by atoms with Crippen molar-refractivity contribution in [2.75, 3.05) is 0 Å². The summed E-state index contributed by atoms with van der Waals surface area (Å²) in [6.45, 7) is 4.54. The van der Waals surface area contributed by atoms with Gasteiger partial charge in [0.15, 0.2) is 0 Å². The molecule has 1 heteroatoms. The zero-order valence-corrected chi connectivity index (χ0v) is 6.48. The Morgan fingerprint density at radius 1 is 1.56 bits per heavy atom. The van der Waals surface area contributed by atoms with Crippen LogP contribution in [0.5, 0.6) is 0 Å². The van der Waals surface area contributed by atoms with Crippen molar-refractivity contribution in [3.05, 3.63) is 0 Å². The summed E-state index contributed by atoms with van der Waals surface area (Å²) in [4.78, 5) is 0. The molecule has 1 nitrogen and oxygen atoms in total. The van der Waals surface area contributed by atoms with Gasteiger partial charge < -0.3 is 5.32 Å². The highest BCUT2D eigenvalue weighted by molar-refractivity contribution is 4.75. The van der Waals surface area contributed by atoms with E-state index in [1.54, 1.807) is 0 Å². The predicted octanol–water partition coefficient (Wildman–Crippen LogP) is 2.17. The van der Waals surface area contributed by atoms with Gasteiger partial charge in [0.2, 0.25) is 0 Å². The maximum atomic E-state index is 3.57. The minimum atomic E-state index is 0. The van der Waals surface area contributed by atoms with E-state index in [4.69, 9.17) is 0 Å². The van der Waals surface area contributed by atoms with Gasteiger partial charge in [-0.15, -0.1) is 0 Å². The zero-order chi connectivity index (χ0) is 6.69. The first kappa shape index (κ1) is 7.07. The lowest BCUT2D eigenvalue weighted by Gasteiger charge is -2.27. The molecule has 1 saturated heterocycles. The van der Waals surface area contributed by atoms with Gasteiger partial charge in [-0.05, 0) is 26.2 Å². The van der Waals surface area contributed by atoms with Crippen LogP contribution in [0.3, 0.4) is 0 Å². The number of piperidine rings is 1. The molecule has 0 bridgehead atoms. The molecule has 2 atom stereocenters. The summed E-state index contributed by atoms with van der Waals surface area (Å²) >= 11 is 0. The molecular weight excluding hydrogens is 110 g/mol. The molecule has 1 fully saturated rings. The molecule has 0 spiro atoms. The fourth-order valence-corrected chi connectivity index (χ4v) is 1.56. The van der Waals surface area contributed by atoms with Gasteiger partial charge in [0.25, 0.3) is 0 Å². The number of hydrogen-bond donors (Lipinski definition) is 1. The molecule has 1 rings (SSSR count). The maximum Gasteiger partial charge on any atom is 0.00669 e. The van der Waals surface area contributed by atoms with E-state index in [0.717, 1.165) is 12.1 Å². The van der Waals surface area contributed by atoms with Crippen molar-refractivity contribution in [3.63, 3.8) is 0 Å². The van der Waals surface area contributed by atoms with Gasteiger partial charge in [-0.25, -0.2) is 0 Å². The summed E-state index contributed by atoms with van der Waals surface area (Å²) in [7, 11) is 0. The molecule has 1 heterocycles. The first-order chi connectivity index (χ1) is 4.33. The molecule has 0 aromatic rings. The van der Waals surface area contributed by atoms with Crippen LogP contribution in [0.2, 0.25) is 0 Å². The molecule has 2 unspecified atom stereocenters. The Hall–Kier alpha value is -0.0400. The van der Waals surface area contributed by atoms with Crippen molar-refractivity contribution in [1.29, 1.82) is 0 Å². The van der Waals surface area contributed by atoms with Gasteiger partial charge in [0.05, 0.1) is 0 Å². The van der Waals surface area contributed by atoms with Gasteiger partial charge in [0.1, 0.15) is 0 Å². The van der Waals surface area contributed by atoms with Gasteiger partial charge in [0, 0.05) is 13.5 Å². The molecule has 0 amide bonds. The van der Waals surface area contributed by atoms with Gasteiger partial charge >= 0.3 is 0 Å². The second-order valence-corrected chi connectivity index (χ2v) is 3.10. The Balaban J connectivity index is 0.000000810. The van der Waals surface area contributed by atoms with Crippen molar-refractivity contribution in [2.45, 2.75) is 51.6 Å². The van der Waals surface area contributed by atoms with Crippen molar-refractivity contribution >= 4 is 0 Å². The lowest BCUT2D eigenvalue weighted by Crippen LogP contribution is -2.39. The molecule has 1 N–H and O–H groups in total.